The number of carbonyl (C=O) groups excluding carboxylic acids is 1. The van der Waals surface area contributed by atoms with Gasteiger partial charge in [-0.05, 0) is 19.8 Å². The quantitative estimate of drug-likeness (QED) is 0.854. The molecule has 6 heteroatoms. The largest absolute Gasteiger partial charge is 0.328 e. The van der Waals surface area contributed by atoms with Gasteiger partial charge in [-0.2, -0.15) is 0 Å². The summed E-state index contributed by atoms with van der Waals surface area (Å²) in [4.78, 5) is 11.4. The Morgan fingerprint density at radius 2 is 1.89 bits per heavy atom. The van der Waals surface area contributed by atoms with Crippen LogP contribution in [0.2, 0.25) is 0 Å². The lowest BCUT2D eigenvalue weighted by molar-refractivity contribution is -0.116. The maximum atomic E-state index is 13.2. The van der Waals surface area contributed by atoms with Crippen molar-refractivity contribution in [1.29, 1.82) is 0 Å². The molecule has 0 bridgehead atoms. The summed E-state index contributed by atoms with van der Waals surface area (Å²) in [6.07, 6.45) is 1.27. The first-order valence-corrected chi connectivity index (χ1v) is 5.60. The van der Waals surface area contributed by atoms with E-state index in [-0.39, 0.29) is 12.5 Å². The SMILES string of the molecule is CC(N)CCCC(=O)Nc1c(F)cc(F)cc1F. The van der Waals surface area contributed by atoms with Gasteiger partial charge in [0.15, 0.2) is 11.6 Å². The molecule has 1 atom stereocenters. The first-order valence-electron chi connectivity index (χ1n) is 5.60. The van der Waals surface area contributed by atoms with E-state index in [2.05, 4.69) is 5.32 Å². The second-order valence-electron chi connectivity index (χ2n) is 4.16. The highest BCUT2D eigenvalue weighted by atomic mass is 19.1. The third-order valence-corrected chi connectivity index (χ3v) is 2.33. The number of hydrogen-bond donors (Lipinski definition) is 2. The van der Waals surface area contributed by atoms with E-state index < -0.39 is 29.0 Å². The molecule has 0 saturated heterocycles. The Bertz CT molecular complexity index is 412. The van der Waals surface area contributed by atoms with Gasteiger partial charge in [0, 0.05) is 24.6 Å². The normalized spacial score (nSPS) is 12.3. The van der Waals surface area contributed by atoms with E-state index >= 15 is 0 Å². The maximum absolute atomic E-state index is 13.2. The van der Waals surface area contributed by atoms with Gasteiger partial charge in [-0.1, -0.05) is 0 Å². The number of nitrogens with one attached hydrogen (secondary N) is 1. The molecule has 0 heterocycles. The van der Waals surface area contributed by atoms with E-state index in [0.29, 0.717) is 25.0 Å². The molecule has 100 valence electrons. The lowest BCUT2D eigenvalue weighted by Crippen LogP contribution is -2.17. The Balaban J connectivity index is 2.59. The van der Waals surface area contributed by atoms with Crippen molar-refractivity contribution in [3.63, 3.8) is 0 Å². The zero-order valence-corrected chi connectivity index (χ0v) is 9.97. The molecular formula is C12H15F3N2O. The topological polar surface area (TPSA) is 55.1 Å². The van der Waals surface area contributed by atoms with E-state index in [9.17, 15) is 18.0 Å². The van der Waals surface area contributed by atoms with Crippen LogP contribution < -0.4 is 11.1 Å². The van der Waals surface area contributed by atoms with Gasteiger partial charge < -0.3 is 11.1 Å². The molecule has 0 spiro atoms. The molecule has 0 radical (unpaired) electrons. The van der Waals surface area contributed by atoms with Crippen molar-refractivity contribution in [3.8, 4) is 0 Å². The van der Waals surface area contributed by atoms with Crippen molar-refractivity contribution in [2.45, 2.75) is 32.2 Å². The van der Waals surface area contributed by atoms with Crippen LogP contribution in [0.1, 0.15) is 26.2 Å². The number of amides is 1. The monoisotopic (exact) mass is 260 g/mol. The van der Waals surface area contributed by atoms with E-state index in [0.717, 1.165) is 0 Å². The van der Waals surface area contributed by atoms with Gasteiger partial charge in [-0.25, -0.2) is 13.2 Å². The highest BCUT2D eigenvalue weighted by molar-refractivity contribution is 5.90. The number of halogens is 3. The molecule has 3 N–H and O–H groups in total. The highest BCUT2D eigenvalue weighted by Gasteiger charge is 2.14. The Labute approximate surface area is 103 Å². The lowest BCUT2D eigenvalue weighted by atomic mass is 10.1. The fraction of sp³-hybridized carbons (Fsp3) is 0.417. The van der Waals surface area contributed by atoms with Crippen LogP contribution in [0, 0.1) is 17.5 Å². The molecule has 0 aliphatic rings. The molecule has 0 aliphatic carbocycles. The van der Waals surface area contributed by atoms with Gasteiger partial charge in [0.05, 0.1) is 0 Å². The third kappa shape index (κ3) is 4.37. The summed E-state index contributed by atoms with van der Waals surface area (Å²) in [5.41, 5.74) is 4.88. The van der Waals surface area contributed by atoms with Gasteiger partial charge >= 0.3 is 0 Å². The Kier molecular flexibility index (Phi) is 5.15. The van der Waals surface area contributed by atoms with Crippen LogP contribution in [0.15, 0.2) is 12.1 Å². The van der Waals surface area contributed by atoms with E-state index in [1.54, 1.807) is 6.92 Å². The third-order valence-electron chi connectivity index (χ3n) is 2.33. The van der Waals surface area contributed by atoms with E-state index in [1.165, 1.54) is 0 Å². The molecule has 0 saturated carbocycles. The number of rotatable bonds is 5. The van der Waals surface area contributed by atoms with E-state index in [4.69, 9.17) is 5.73 Å². The van der Waals surface area contributed by atoms with Gasteiger partial charge in [-0.15, -0.1) is 0 Å². The molecule has 1 aromatic carbocycles. The number of benzene rings is 1. The smallest absolute Gasteiger partial charge is 0.224 e. The second-order valence-corrected chi connectivity index (χ2v) is 4.16. The van der Waals surface area contributed by atoms with Crippen LogP contribution >= 0.6 is 0 Å². The van der Waals surface area contributed by atoms with Crippen molar-refractivity contribution in [1.82, 2.24) is 0 Å². The molecular weight excluding hydrogens is 245 g/mol. The van der Waals surface area contributed by atoms with E-state index in [1.807, 2.05) is 0 Å². The van der Waals surface area contributed by atoms with Gasteiger partial charge in [0.2, 0.25) is 5.91 Å². The zero-order chi connectivity index (χ0) is 13.7. The average molecular weight is 260 g/mol. The molecule has 1 aromatic rings. The summed E-state index contributed by atoms with van der Waals surface area (Å²) in [5, 5.41) is 2.08. The molecule has 3 nitrogen and oxygen atoms in total. The summed E-state index contributed by atoms with van der Waals surface area (Å²) < 4.78 is 39.0. The van der Waals surface area contributed by atoms with Crippen LogP contribution in [0.5, 0.6) is 0 Å². The molecule has 1 unspecified atom stereocenters. The number of hydrogen-bond acceptors (Lipinski definition) is 2. The first kappa shape index (κ1) is 14.5. The molecule has 0 aliphatic heterocycles. The highest BCUT2D eigenvalue weighted by Crippen LogP contribution is 2.20. The van der Waals surface area contributed by atoms with Gasteiger partial charge in [0.25, 0.3) is 0 Å². The zero-order valence-electron chi connectivity index (χ0n) is 9.97. The summed E-state index contributed by atoms with van der Waals surface area (Å²) in [6.45, 7) is 1.80. The molecule has 1 rings (SSSR count). The fourth-order valence-corrected chi connectivity index (χ4v) is 1.45. The van der Waals surface area contributed by atoms with Crippen LogP contribution in [-0.2, 0) is 4.79 Å². The minimum atomic E-state index is -1.13. The van der Waals surface area contributed by atoms with Crippen LogP contribution in [0.25, 0.3) is 0 Å². The predicted molar refractivity (Wildman–Crippen MR) is 62.4 cm³/mol. The number of carbonyl (C=O) groups is 1. The number of anilines is 1. The fourth-order valence-electron chi connectivity index (χ4n) is 1.45. The summed E-state index contributed by atoms with van der Waals surface area (Å²) >= 11 is 0. The predicted octanol–water partition coefficient (Wildman–Crippen LogP) is 2.56. The standard InChI is InChI=1S/C12H15F3N2O/c1-7(16)3-2-4-11(18)17-12-9(14)5-8(13)6-10(12)15/h5-7H,2-4,16H2,1H3,(H,17,18). The molecule has 18 heavy (non-hydrogen) atoms. The molecule has 0 fully saturated rings. The minimum Gasteiger partial charge on any atom is -0.328 e. The summed E-state index contributed by atoms with van der Waals surface area (Å²) in [5.74, 6) is -3.82. The summed E-state index contributed by atoms with van der Waals surface area (Å²) in [7, 11) is 0. The Hall–Kier alpha value is -1.56. The van der Waals surface area contributed by atoms with Crippen molar-refractivity contribution in [2.24, 2.45) is 5.73 Å². The van der Waals surface area contributed by atoms with Crippen LogP contribution in [0.3, 0.4) is 0 Å². The van der Waals surface area contributed by atoms with Crippen molar-refractivity contribution < 1.29 is 18.0 Å². The molecule has 0 aromatic heterocycles. The Morgan fingerprint density at radius 3 is 2.39 bits per heavy atom. The minimum absolute atomic E-state index is 0.0305. The first-order chi connectivity index (χ1) is 8.40. The van der Waals surface area contributed by atoms with Crippen LogP contribution in [0.4, 0.5) is 18.9 Å². The lowest BCUT2D eigenvalue weighted by Gasteiger charge is -2.08. The van der Waals surface area contributed by atoms with Gasteiger partial charge in [0.1, 0.15) is 11.5 Å². The van der Waals surface area contributed by atoms with Crippen molar-refractivity contribution in [2.75, 3.05) is 5.32 Å². The number of nitrogens with two attached hydrogens (primary N) is 1. The average Bonchev–Trinajstić information content (AvgIpc) is 2.22. The van der Waals surface area contributed by atoms with Crippen LogP contribution in [-0.4, -0.2) is 11.9 Å². The van der Waals surface area contributed by atoms with Crippen molar-refractivity contribution >= 4 is 11.6 Å². The van der Waals surface area contributed by atoms with Gasteiger partial charge in [-0.3, -0.25) is 4.79 Å². The Morgan fingerprint density at radius 1 is 1.33 bits per heavy atom. The summed E-state index contributed by atoms with van der Waals surface area (Å²) in [6, 6.07) is 0.999. The molecule has 1 amide bonds. The maximum Gasteiger partial charge on any atom is 0.224 e. The van der Waals surface area contributed by atoms with Crippen molar-refractivity contribution in [3.05, 3.63) is 29.6 Å². The second kappa shape index (κ2) is 6.39.